The van der Waals surface area contributed by atoms with E-state index in [1.54, 1.807) is 0 Å². The van der Waals surface area contributed by atoms with Crippen molar-refractivity contribution >= 4 is 5.91 Å². The molecule has 1 amide bonds. The van der Waals surface area contributed by atoms with Gasteiger partial charge in [-0.2, -0.15) is 0 Å². The maximum atomic E-state index is 11.9. The van der Waals surface area contributed by atoms with Gasteiger partial charge in [0.05, 0.1) is 6.04 Å². The van der Waals surface area contributed by atoms with Crippen LogP contribution in [0.15, 0.2) is 42.5 Å². The molecular formula is C17H25NO. The first kappa shape index (κ1) is 15.5. The topological polar surface area (TPSA) is 29.1 Å². The van der Waals surface area contributed by atoms with E-state index in [0.29, 0.717) is 12.3 Å². The zero-order valence-corrected chi connectivity index (χ0v) is 12.2. The molecule has 0 bridgehead atoms. The van der Waals surface area contributed by atoms with Gasteiger partial charge >= 0.3 is 0 Å². The number of hydrogen-bond acceptors (Lipinski definition) is 1. The average Bonchev–Trinajstić information content (AvgIpc) is 2.39. The zero-order chi connectivity index (χ0) is 14.1. The van der Waals surface area contributed by atoms with Crippen LogP contribution in [0.5, 0.6) is 0 Å². The van der Waals surface area contributed by atoms with E-state index < -0.39 is 0 Å². The van der Waals surface area contributed by atoms with Crippen molar-refractivity contribution in [2.45, 2.75) is 46.1 Å². The standard InChI is InChI=1S/C17H25NO/c1-4-5-7-10-14(2)13-17(19)18-15(3)16-11-8-6-9-12-16/h4-6,8-9,11-12,14-15H,7,10,13H2,1-3H3,(H,18,19)/b5-4+/t14-,15+/m0/s1. The van der Waals surface area contributed by atoms with E-state index in [-0.39, 0.29) is 11.9 Å². The monoisotopic (exact) mass is 259 g/mol. The molecule has 0 unspecified atom stereocenters. The lowest BCUT2D eigenvalue weighted by Crippen LogP contribution is -2.27. The Hall–Kier alpha value is -1.57. The lowest BCUT2D eigenvalue weighted by atomic mass is 10.0. The lowest BCUT2D eigenvalue weighted by molar-refractivity contribution is -0.122. The highest BCUT2D eigenvalue weighted by Crippen LogP contribution is 2.14. The van der Waals surface area contributed by atoms with Crippen molar-refractivity contribution in [1.82, 2.24) is 5.32 Å². The quantitative estimate of drug-likeness (QED) is 0.729. The van der Waals surface area contributed by atoms with Crippen LogP contribution in [-0.4, -0.2) is 5.91 Å². The van der Waals surface area contributed by atoms with Crippen molar-refractivity contribution < 1.29 is 4.79 Å². The summed E-state index contributed by atoms with van der Waals surface area (Å²) >= 11 is 0. The Bertz CT molecular complexity index is 397. The minimum atomic E-state index is 0.0800. The van der Waals surface area contributed by atoms with Crippen LogP contribution in [0.4, 0.5) is 0 Å². The Morgan fingerprint density at radius 2 is 1.95 bits per heavy atom. The smallest absolute Gasteiger partial charge is 0.220 e. The largest absolute Gasteiger partial charge is 0.350 e. The van der Waals surface area contributed by atoms with Gasteiger partial charge in [-0.3, -0.25) is 4.79 Å². The summed E-state index contributed by atoms with van der Waals surface area (Å²) in [4.78, 5) is 11.9. The third kappa shape index (κ3) is 6.23. The summed E-state index contributed by atoms with van der Waals surface area (Å²) in [6.07, 6.45) is 6.94. The number of hydrogen-bond donors (Lipinski definition) is 1. The van der Waals surface area contributed by atoms with Gasteiger partial charge < -0.3 is 5.32 Å². The number of allylic oxidation sites excluding steroid dienone is 2. The van der Waals surface area contributed by atoms with Gasteiger partial charge in [-0.25, -0.2) is 0 Å². The van der Waals surface area contributed by atoms with Gasteiger partial charge in [-0.1, -0.05) is 49.4 Å². The molecule has 1 aromatic carbocycles. The van der Waals surface area contributed by atoms with E-state index in [1.165, 1.54) is 0 Å². The van der Waals surface area contributed by atoms with E-state index in [9.17, 15) is 4.79 Å². The van der Waals surface area contributed by atoms with Gasteiger partial charge in [-0.05, 0) is 38.2 Å². The highest BCUT2D eigenvalue weighted by Gasteiger charge is 2.12. The van der Waals surface area contributed by atoms with Crippen molar-refractivity contribution in [2.24, 2.45) is 5.92 Å². The molecular weight excluding hydrogens is 234 g/mol. The van der Waals surface area contributed by atoms with E-state index in [0.717, 1.165) is 18.4 Å². The van der Waals surface area contributed by atoms with Crippen molar-refractivity contribution in [3.63, 3.8) is 0 Å². The molecule has 0 radical (unpaired) electrons. The van der Waals surface area contributed by atoms with Crippen LogP contribution < -0.4 is 5.32 Å². The third-order valence-corrected chi connectivity index (χ3v) is 3.27. The maximum absolute atomic E-state index is 11.9. The number of carbonyl (C=O) groups is 1. The van der Waals surface area contributed by atoms with Crippen molar-refractivity contribution in [2.75, 3.05) is 0 Å². The Kier molecular flexibility index (Phi) is 6.94. The van der Waals surface area contributed by atoms with Crippen LogP contribution in [0.3, 0.4) is 0 Å². The fraction of sp³-hybridized carbons (Fsp3) is 0.471. The second-order valence-electron chi connectivity index (χ2n) is 5.16. The molecule has 2 heteroatoms. The van der Waals surface area contributed by atoms with Crippen molar-refractivity contribution in [1.29, 1.82) is 0 Å². The molecule has 0 saturated heterocycles. The predicted molar refractivity (Wildman–Crippen MR) is 80.8 cm³/mol. The molecule has 1 aromatic rings. The number of rotatable bonds is 7. The first-order valence-corrected chi connectivity index (χ1v) is 7.09. The SMILES string of the molecule is C/C=C/CC[C@H](C)CC(=O)N[C@H](C)c1ccccc1. The summed E-state index contributed by atoms with van der Waals surface area (Å²) in [6.45, 7) is 6.19. The molecule has 0 aliphatic carbocycles. The van der Waals surface area contributed by atoms with Crippen LogP contribution >= 0.6 is 0 Å². The average molecular weight is 259 g/mol. The molecule has 0 fully saturated rings. The van der Waals surface area contributed by atoms with Crippen LogP contribution in [0.25, 0.3) is 0 Å². The van der Waals surface area contributed by atoms with Crippen molar-refractivity contribution in [3.8, 4) is 0 Å². The number of benzene rings is 1. The molecule has 0 heterocycles. The van der Waals surface area contributed by atoms with Gasteiger partial charge in [0.15, 0.2) is 0 Å². The van der Waals surface area contributed by atoms with Crippen LogP contribution in [-0.2, 0) is 4.79 Å². The van der Waals surface area contributed by atoms with E-state index >= 15 is 0 Å². The van der Waals surface area contributed by atoms with Gasteiger partial charge in [0.25, 0.3) is 0 Å². The second-order valence-corrected chi connectivity index (χ2v) is 5.16. The predicted octanol–water partition coefficient (Wildman–Crippen LogP) is 4.25. The number of amides is 1. The molecule has 0 aliphatic heterocycles. The Balaban J connectivity index is 2.34. The highest BCUT2D eigenvalue weighted by atomic mass is 16.1. The minimum Gasteiger partial charge on any atom is -0.350 e. The summed E-state index contributed by atoms with van der Waals surface area (Å²) in [7, 11) is 0. The molecule has 0 spiro atoms. The van der Waals surface area contributed by atoms with Gasteiger partial charge in [0.1, 0.15) is 0 Å². The molecule has 1 rings (SSSR count). The number of carbonyl (C=O) groups excluding carboxylic acids is 1. The summed E-state index contributed by atoms with van der Waals surface area (Å²) in [5.41, 5.74) is 1.15. The van der Waals surface area contributed by atoms with E-state index in [4.69, 9.17) is 0 Å². The second kappa shape index (κ2) is 8.52. The minimum absolute atomic E-state index is 0.0800. The molecule has 104 valence electrons. The summed E-state index contributed by atoms with van der Waals surface area (Å²) in [5, 5.41) is 3.06. The normalized spacial score (nSPS) is 14.3. The van der Waals surface area contributed by atoms with Gasteiger partial charge in [0, 0.05) is 6.42 Å². The third-order valence-electron chi connectivity index (χ3n) is 3.27. The van der Waals surface area contributed by atoms with Gasteiger partial charge in [-0.15, -0.1) is 0 Å². The Labute approximate surface area is 116 Å². The lowest BCUT2D eigenvalue weighted by Gasteiger charge is -2.16. The fourth-order valence-electron chi connectivity index (χ4n) is 2.09. The summed E-state index contributed by atoms with van der Waals surface area (Å²) < 4.78 is 0. The molecule has 1 N–H and O–H groups in total. The zero-order valence-electron chi connectivity index (χ0n) is 12.2. The van der Waals surface area contributed by atoms with Crippen molar-refractivity contribution in [3.05, 3.63) is 48.0 Å². The highest BCUT2D eigenvalue weighted by molar-refractivity contribution is 5.76. The Morgan fingerprint density at radius 1 is 1.26 bits per heavy atom. The Morgan fingerprint density at radius 3 is 2.58 bits per heavy atom. The molecule has 0 saturated carbocycles. The molecule has 0 aliphatic rings. The van der Waals surface area contributed by atoms with Gasteiger partial charge in [0.2, 0.25) is 5.91 Å². The van der Waals surface area contributed by atoms with Crippen LogP contribution in [0.1, 0.15) is 51.6 Å². The summed E-state index contributed by atoms with van der Waals surface area (Å²) in [5.74, 6) is 0.573. The fourth-order valence-corrected chi connectivity index (χ4v) is 2.09. The molecule has 2 nitrogen and oxygen atoms in total. The first-order valence-electron chi connectivity index (χ1n) is 7.09. The van der Waals surface area contributed by atoms with Crippen LogP contribution in [0.2, 0.25) is 0 Å². The number of nitrogens with one attached hydrogen (secondary N) is 1. The first-order chi connectivity index (χ1) is 9.13. The summed E-state index contributed by atoms with van der Waals surface area (Å²) in [6, 6.07) is 10.1. The van der Waals surface area contributed by atoms with E-state index in [1.807, 2.05) is 44.2 Å². The van der Waals surface area contributed by atoms with Crippen LogP contribution in [0, 0.1) is 5.92 Å². The van der Waals surface area contributed by atoms with E-state index in [2.05, 4.69) is 24.4 Å². The molecule has 2 atom stereocenters. The maximum Gasteiger partial charge on any atom is 0.220 e. The molecule has 0 aromatic heterocycles. The molecule has 19 heavy (non-hydrogen) atoms.